The van der Waals surface area contributed by atoms with Crippen LogP contribution in [0.25, 0.3) is 0 Å². The summed E-state index contributed by atoms with van der Waals surface area (Å²) in [5.41, 5.74) is 6.28. The van der Waals surface area contributed by atoms with Crippen LogP contribution in [-0.4, -0.2) is 32.3 Å². The first kappa shape index (κ1) is 13.2. The molecule has 1 unspecified atom stereocenters. The quantitative estimate of drug-likeness (QED) is 0.894. The normalized spacial score (nSPS) is 17.9. The first-order valence-electron chi connectivity index (χ1n) is 6.14. The van der Waals surface area contributed by atoms with Gasteiger partial charge >= 0.3 is 0 Å². The number of nitrogens with two attached hydrogens (primary N) is 1. The molecule has 100 valence electrons. The lowest BCUT2D eigenvalue weighted by molar-refractivity contribution is 0.122. The van der Waals surface area contributed by atoms with Gasteiger partial charge in [0.2, 0.25) is 0 Å². The maximum Gasteiger partial charge on any atom is 0.149 e. The molecule has 0 bridgehead atoms. The summed E-state index contributed by atoms with van der Waals surface area (Å²) in [6.07, 6.45) is 0.469. The second-order valence-electron chi connectivity index (χ2n) is 4.69. The minimum absolute atomic E-state index is 0.0479. The van der Waals surface area contributed by atoms with Crippen molar-refractivity contribution in [1.29, 1.82) is 0 Å². The molecule has 18 heavy (non-hydrogen) atoms. The largest absolute Gasteiger partial charge is 0.378 e. The number of anilines is 1. The average molecular weight is 256 g/mol. The fraction of sp³-hybridized carbons (Fsp3) is 0.538. The Bertz CT molecular complexity index is 394. The summed E-state index contributed by atoms with van der Waals surface area (Å²) in [7, 11) is 0. The van der Waals surface area contributed by atoms with Crippen molar-refractivity contribution in [3.63, 3.8) is 0 Å². The Morgan fingerprint density at radius 1 is 1.28 bits per heavy atom. The smallest absolute Gasteiger partial charge is 0.149 e. The maximum atomic E-state index is 14.0. The highest BCUT2D eigenvalue weighted by Crippen LogP contribution is 2.26. The summed E-state index contributed by atoms with van der Waals surface area (Å²) >= 11 is 0. The zero-order valence-electron chi connectivity index (χ0n) is 10.5. The van der Waals surface area contributed by atoms with Crippen LogP contribution in [0.3, 0.4) is 0 Å². The highest BCUT2D eigenvalue weighted by Gasteiger charge is 2.20. The predicted octanol–water partition coefficient (Wildman–Crippen LogP) is 1.69. The number of halogens is 2. The van der Waals surface area contributed by atoms with Gasteiger partial charge in [-0.05, 0) is 31.0 Å². The van der Waals surface area contributed by atoms with E-state index in [2.05, 4.69) is 0 Å². The van der Waals surface area contributed by atoms with Crippen molar-refractivity contribution in [2.75, 3.05) is 31.2 Å². The molecule has 1 aromatic carbocycles. The molecule has 0 aromatic heterocycles. The monoisotopic (exact) mass is 256 g/mol. The van der Waals surface area contributed by atoms with Gasteiger partial charge in [-0.1, -0.05) is 0 Å². The average Bonchev–Trinajstić information content (AvgIpc) is 2.28. The predicted molar refractivity (Wildman–Crippen MR) is 66.7 cm³/mol. The van der Waals surface area contributed by atoms with Crippen molar-refractivity contribution in [1.82, 2.24) is 0 Å². The van der Waals surface area contributed by atoms with E-state index in [-0.39, 0.29) is 11.7 Å². The second-order valence-corrected chi connectivity index (χ2v) is 4.69. The Morgan fingerprint density at radius 2 is 1.83 bits per heavy atom. The van der Waals surface area contributed by atoms with Gasteiger partial charge < -0.3 is 15.4 Å². The molecule has 0 aliphatic carbocycles. The van der Waals surface area contributed by atoms with Crippen LogP contribution in [0, 0.1) is 11.6 Å². The van der Waals surface area contributed by atoms with Gasteiger partial charge in [0, 0.05) is 19.1 Å². The maximum absolute atomic E-state index is 14.0. The lowest BCUT2D eigenvalue weighted by Crippen LogP contribution is -2.37. The van der Waals surface area contributed by atoms with E-state index in [4.69, 9.17) is 10.5 Å². The highest BCUT2D eigenvalue weighted by molar-refractivity contribution is 5.51. The van der Waals surface area contributed by atoms with E-state index in [1.807, 2.05) is 6.92 Å². The summed E-state index contributed by atoms with van der Waals surface area (Å²) in [6, 6.07) is 2.63. The fourth-order valence-corrected chi connectivity index (χ4v) is 2.20. The molecule has 1 fully saturated rings. The van der Waals surface area contributed by atoms with Crippen molar-refractivity contribution in [3.8, 4) is 0 Å². The SMILES string of the molecule is CC(N)Cc1cc(F)c(N2CCOCC2)c(F)c1. The molecule has 1 atom stereocenters. The lowest BCUT2D eigenvalue weighted by atomic mass is 10.1. The van der Waals surface area contributed by atoms with Crippen LogP contribution < -0.4 is 10.6 Å². The van der Waals surface area contributed by atoms with E-state index in [1.54, 1.807) is 4.90 Å². The van der Waals surface area contributed by atoms with Crippen LogP contribution >= 0.6 is 0 Å². The van der Waals surface area contributed by atoms with Crippen LogP contribution in [0.15, 0.2) is 12.1 Å². The van der Waals surface area contributed by atoms with Gasteiger partial charge in [0.05, 0.1) is 13.2 Å². The van der Waals surface area contributed by atoms with Gasteiger partial charge in [-0.3, -0.25) is 0 Å². The summed E-state index contributed by atoms with van der Waals surface area (Å²) in [5.74, 6) is -1.04. The molecule has 2 N–H and O–H groups in total. The molecule has 0 spiro atoms. The molecule has 0 saturated carbocycles. The minimum Gasteiger partial charge on any atom is -0.378 e. The third-order valence-electron chi connectivity index (χ3n) is 2.96. The third-order valence-corrected chi connectivity index (χ3v) is 2.96. The number of rotatable bonds is 3. The molecule has 0 radical (unpaired) electrons. The van der Waals surface area contributed by atoms with Crippen molar-refractivity contribution >= 4 is 5.69 Å². The fourth-order valence-electron chi connectivity index (χ4n) is 2.20. The van der Waals surface area contributed by atoms with Crippen molar-refractivity contribution in [2.24, 2.45) is 5.73 Å². The van der Waals surface area contributed by atoms with Gasteiger partial charge in [-0.15, -0.1) is 0 Å². The van der Waals surface area contributed by atoms with Gasteiger partial charge in [-0.2, -0.15) is 0 Å². The molecule has 0 amide bonds. The van der Waals surface area contributed by atoms with Crippen LogP contribution in [-0.2, 0) is 11.2 Å². The zero-order chi connectivity index (χ0) is 13.1. The number of nitrogens with zero attached hydrogens (tertiary/aromatic N) is 1. The molecule has 3 nitrogen and oxygen atoms in total. The van der Waals surface area contributed by atoms with E-state index in [0.717, 1.165) is 0 Å². The van der Waals surface area contributed by atoms with E-state index >= 15 is 0 Å². The first-order valence-corrected chi connectivity index (χ1v) is 6.14. The Kier molecular flexibility index (Phi) is 4.14. The Labute approximate surface area is 106 Å². The Hall–Kier alpha value is -1.20. The van der Waals surface area contributed by atoms with Gasteiger partial charge in [-0.25, -0.2) is 8.78 Å². The second kappa shape index (κ2) is 5.63. The molecule has 1 aromatic rings. The van der Waals surface area contributed by atoms with Crippen LogP contribution in [0.1, 0.15) is 12.5 Å². The molecular formula is C13H18F2N2O. The van der Waals surface area contributed by atoms with Crippen LogP contribution in [0.2, 0.25) is 0 Å². The lowest BCUT2D eigenvalue weighted by Gasteiger charge is -2.29. The summed E-state index contributed by atoms with van der Waals surface area (Å²) in [5, 5.41) is 0. The Balaban J connectivity index is 2.25. The summed E-state index contributed by atoms with van der Waals surface area (Å²) in [6.45, 7) is 3.84. The summed E-state index contributed by atoms with van der Waals surface area (Å²) < 4.78 is 33.1. The molecule has 1 saturated heterocycles. The number of morpholine rings is 1. The standard InChI is InChI=1S/C13H18F2N2O/c1-9(16)6-10-7-11(14)13(12(15)8-10)17-2-4-18-5-3-17/h7-9H,2-6,16H2,1H3. The number of ether oxygens (including phenoxy) is 1. The Morgan fingerprint density at radius 3 is 2.33 bits per heavy atom. The zero-order valence-corrected chi connectivity index (χ0v) is 10.5. The van der Waals surface area contributed by atoms with E-state index in [9.17, 15) is 8.78 Å². The molecule has 1 heterocycles. The number of benzene rings is 1. The molecule has 1 aliphatic heterocycles. The van der Waals surface area contributed by atoms with Crippen molar-refractivity contribution in [2.45, 2.75) is 19.4 Å². The topological polar surface area (TPSA) is 38.5 Å². The van der Waals surface area contributed by atoms with Gasteiger partial charge in [0.1, 0.15) is 17.3 Å². The number of hydrogen-bond acceptors (Lipinski definition) is 3. The summed E-state index contributed by atoms with van der Waals surface area (Å²) in [4.78, 5) is 1.68. The highest BCUT2D eigenvalue weighted by atomic mass is 19.1. The van der Waals surface area contributed by atoms with Crippen molar-refractivity contribution in [3.05, 3.63) is 29.3 Å². The van der Waals surface area contributed by atoms with E-state index < -0.39 is 11.6 Å². The molecule has 1 aliphatic rings. The first-order chi connectivity index (χ1) is 8.58. The van der Waals surface area contributed by atoms with Gasteiger partial charge in [0.25, 0.3) is 0 Å². The van der Waals surface area contributed by atoms with Crippen LogP contribution in [0.5, 0.6) is 0 Å². The van der Waals surface area contributed by atoms with E-state index in [0.29, 0.717) is 38.3 Å². The van der Waals surface area contributed by atoms with E-state index in [1.165, 1.54) is 12.1 Å². The van der Waals surface area contributed by atoms with Crippen molar-refractivity contribution < 1.29 is 13.5 Å². The molecule has 2 rings (SSSR count). The van der Waals surface area contributed by atoms with Gasteiger partial charge in [0.15, 0.2) is 0 Å². The van der Waals surface area contributed by atoms with Crippen LogP contribution in [0.4, 0.5) is 14.5 Å². The number of hydrogen-bond donors (Lipinski definition) is 1. The minimum atomic E-state index is -0.521. The molecular weight excluding hydrogens is 238 g/mol. The molecule has 5 heteroatoms. The third kappa shape index (κ3) is 2.97.